The molecule has 0 radical (unpaired) electrons. The molecule has 2 aliphatic heterocycles. The first kappa shape index (κ1) is 19.4. The van der Waals surface area contributed by atoms with Crippen LogP contribution in [0.15, 0.2) is 23.3 Å². The molecule has 2 aliphatic rings. The zero-order chi connectivity index (χ0) is 18.3. The molecule has 0 saturated carbocycles. The quantitative estimate of drug-likeness (QED) is 0.591. The maximum atomic E-state index is 12.0. The highest BCUT2D eigenvalue weighted by molar-refractivity contribution is 6.02. The Hall–Kier alpha value is -2.64. The molecule has 0 spiro atoms. The van der Waals surface area contributed by atoms with Gasteiger partial charge in [0.1, 0.15) is 6.54 Å². The maximum absolute atomic E-state index is 12.0. The van der Waals surface area contributed by atoms with Crippen molar-refractivity contribution in [1.29, 1.82) is 0 Å². The molecular weight excluding hydrogens is 312 g/mol. The first-order valence-corrected chi connectivity index (χ1v) is 7.69. The first-order valence-electron chi connectivity index (χ1n) is 7.69. The molecule has 2 saturated heterocycles. The second-order valence-corrected chi connectivity index (χ2v) is 5.62. The van der Waals surface area contributed by atoms with E-state index in [0.29, 0.717) is 13.1 Å². The van der Waals surface area contributed by atoms with Crippen LogP contribution in [0.25, 0.3) is 0 Å². The Kier molecular flexibility index (Phi) is 7.16. The highest BCUT2D eigenvalue weighted by Crippen LogP contribution is 2.14. The second kappa shape index (κ2) is 8.85. The summed E-state index contributed by atoms with van der Waals surface area (Å²) in [6.45, 7) is 8.96. The third kappa shape index (κ3) is 5.53. The Bertz CT molecular complexity index is 581. The average molecular weight is 336 g/mol. The molecule has 0 bridgehead atoms. The number of carbonyl (C=O) groups is 4. The third-order valence-corrected chi connectivity index (χ3v) is 3.62. The molecular formula is C16H24N4O4. The lowest BCUT2D eigenvalue weighted by molar-refractivity contribution is -0.125. The topological polar surface area (TPSA) is 98.8 Å². The van der Waals surface area contributed by atoms with Crippen molar-refractivity contribution < 1.29 is 19.2 Å². The summed E-state index contributed by atoms with van der Waals surface area (Å²) in [6.07, 6.45) is 3.87. The Labute approximate surface area is 141 Å². The lowest BCUT2D eigenvalue weighted by Gasteiger charge is -2.17. The Morgan fingerprint density at radius 2 is 1.62 bits per heavy atom. The fourth-order valence-corrected chi connectivity index (χ4v) is 1.98. The number of hydrogen-bond acceptors (Lipinski definition) is 4. The maximum Gasteiger partial charge on any atom is 0.327 e. The number of urea groups is 2. The molecule has 0 aliphatic carbocycles. The molecule has 0 aromatic heterocycles. The Morgan fingerprint density at radius 1 is 1.04 bits per heavy atom. The van der Waals surface area contributed by atoms with E-state index in [0.717, 1.165) is 11.1 Å². The molecule has 24 heavy (non-hydrogen) atoms. The summed E-state index contributed by atoms with van der Waals surface area (Å²) in [4.78, 5) is 46.7. The van der Waals surface area contributed by atoms with Crippen LogP contribution in [0.2, 0.25) is 0 Å². The van der Waals surface area contributed by atoms with Crippen LogP contribution in [0.5, 0.6) is 0 Å². The second-order valence-electron chi connectivity index (χ2n) is 5.62. The smallest absolute Gasteiger partial charge is 0.327 e. The van der Waals surface area contributed by atoms with Gasteiger partial charge in [-0.05, 0) is 27.7 Å². The van der Waals surface area contributed by atoms with E-state index < -0.39 is 6.03 Å². The SMILES string of the molecule is C/C=C(/C)CN1CC(=O)N(C/C(C)=C\C)C1=O.O=C1CNC(=O)N1. The van der Waals surface area contributed by atoms with Crippen LogP contribution in [0.1, 0.15) is 27.7 Å². The summed E-state index contributed by atoms with van der Waals surface area (Å²) in [6, 6.07) is -0.581. The van der Waals surface area contributed by atoms with Crippen molar-refractivity contribution in [2.75, 3.05) is 26.2 Å². The number of rotatable bonds is 4. The summed E-state index contributed by atoms with van der Waals surface area (Å²) in [5, 5.41) is 4.30. The van der Waals surface area contributed by atoms with Crippen LogP contribution < -0.4 is 10.6 Å². The van der Waals surface area contributed by atoms with Gasteiger partial charge in [-0.2, -0.15) is 0 Å². The van der Waals surface area contributed by atoms with Crippen molar-refractivity contribution in [3.63, 3.8) is 0 Å². The molecule has 0 aromatic carbocycles. The van der Waals surface area contributed by atoms with Crippen molar-refractivity contribution >= 4 is 23.9 Å². The summed E-state index contributed by atoms with van der Waals surface area (Å²) >= 11 is 0. The van der Waals surface area contributed by atoms with Crippen LogP contribution in [-0.4, -0.2) is 59.9 Å². The normalized spacial score (nSPS) is 18.5. The number of carbonyl (C=O) groups excluding carboxylic acids is 4. The Balaban J connectivity index is 0.000000341. The van der Waals surface area contributed by atoms with E-state index in [4.69, 9.17) is 0 Å². The van der Waals surface area contributed by atoms with Gasteiger partial charge in [0.2, 0.25) is 5.91 Å². The number of imide groups is 2. The van der Waals surface area contributed by atoms with Gasteiger partial charge in [-0.1, -0.05) is 23.3 Å². The van der Waals surface area contributed by atoms with Gasteiger partial charge in [0, 0.05) is 6.54 Å². The van der Waals surface area contributed by atoms with E-state index in [9.17, 15) is 19.2 Å². The van der Waals surface area contributed by atoms with Crippen molar-refractivity contribution in [2.45, 2.75) is 27.7 Å². The van der Waals surface area contributed by atoms with Gasteiger partial charge in [-0.3, -0.25) is 19.8 Å². The fraction of sp³-hybridized carbons (Fsp3) is 0.500. The lowest BCUT2D eigenvalue weighted by atomic mass is 10.3. The van der Waals surface area contributed by atoms with E-state index in [2.05, 4.69) is 5.32 Å². The van der Waals surface area contributed by atoms with Gasteiger partial charge < -0.3 is 10.2 Å². The molecule has 2 rings (SSSR count). The number of nitrogens with one attached hydrogen (secondary N) is 2. The van der Waals surface area contributed by atoms with Crippen molar-refractivity contribution in [3.05, 3.63) is 23.3 Å². The highest BCUT2D eigenvalue weighted by Gasteiger charge is 2.35. The summed E-state index contributed by atoms with van der Waals surface area (Å²) in [5.41, 5.74) is 2.12. The summed E-state index contributed by atoms with van der Waals surface area (Å²) < 4.78 is 0. The number of amides is 6. The molecule has 8 nitrogen and oxygen atoms in total. The van der Waals surface area contributed by atoms with Crippen molar-refractivity contribution in [2.24, 2.45) is 0 Å². The minimum Gasteiger partial charge on any atom is -0.329 e. The largest absolute Gasteiger partial charge is 0.329 e. The molecule has 132 valence electrons. The monoisotopic (exact) mass is 336 g/mol. The third-order valence-electron chi connectivity index (χ3n) is 3.62. The lowest BCUT2D eigenvalue weighted by Crippen LogP contribution is -2.34. The van der Waals surface area contributed by atoms with Gasteiger partial charge in [0.25, 0.3) is 5.91 Å². The predicted molar refractivity (Wildman–Crippen MR) is 89.1 cm³/mol. The zero-order valence-corrected chi connectivity index (χ0v) is 14.5. The molecule has 0 atom stereocenters. The van der Waals surface area contributed by atoms with E-state index in [1.807, 2.05) is 45.2 Å². The van der Waals surface area contributed by atoms with E-state index >= 15 is 0 Å². The van der Waals surface area contributed by atoms with Crippen molar-refractivity contribution in [1.82, 2.24) is 20.4 Å². The van der Waals surface area contributed by atoms with Gasteiger partial charge in [-0.25, -0.2) is 9.59 Å². The predicted octanol–water partition coefficient (Wildman–Crippen LogP) is 1.01. The summed E-state index contributed by atoms with van der Waals surface area (Å²) in [5.74, 6) is -0.370. The highest BCUT2D eigenvalue weighted by atomic mass is 16.2. The van der Waals surface area contributed by atoms with Gasteiger partial charge in [0.15, 0.2) is 0 Å². The minimum absolute atomic E-state index is 0.111. The standard InChI is InChI=1S/C13H20N2O2.C3H4N2O2/c1-5-10(3)7-14-9-12(16)15(13(14)17)8-11(4)6-2;6-2-1-4-3(7)5-2/h5-6H,7-9H2,1-4H3;1H2,(H2,4,5,6,7)/b10-5-,11-6-;. The van der Waals surface area contributed by atoms with E-state index in [1.54, 1.807) is 4.90 Å². The van der Waals surface area contributed by atoms with Crippen LogP contribution in [-0.2, 0) is 9.59 Å². The molecule has 2 N–H and O–H groups in total. The van der Waals surface area contributed by atoms with Gasteiger partial charge in [0.05, 0.1) is 13.1 Å². The number of nitrogens with zero attached hydrogens (tertiary/aromatic N) is 2. The van der Waals surface area contributed by atoms with Crippen LogP contribution in [0.4, 0.5) is 9.59 Å². The molecule has 0 aromatic rings. The zero-order valence-electron chi connectivity index (χ0n) is 14.5. The average Bonchev–Trinajstić information content (AvgIpc) is 3.04. The molecule has 6 amide bonds. The molecule has 2 heterocycles. The minimum atomic E-state index is -0.398. The first-order chi connectivity index (χ1) is 11.3. The van der Waals surface area contributed by atoms with E-state index in [1.165, 1.54) is 4.90 Å². The van der Waals surface area contributed by atoms with E-state index in [-0.39, 0.29) is 30.9 Å². The van der Waals surface area contributed by atoms with Gasteiger partial charge in [-0.15, -0.1) is 0 Å². The number of hydrogen-bond donors (Lipinski definition) is 2. The fourth-order valence-electron chi connectivity index (χ4n) is 1.98. The molecule has 2 fully saturated rings. The van der Waals surface area contributed by atoms with Gasteiger partial charge >= 0.3 is 12.1 Å². The number of allylic oxidation sites excluding steroid dienone is 2. The van der Waals surface area contributed by atoms with Crippen LogP contribution in [0, 0.1) is 0 Å². The van der Waals surface area contributed by atoms with Crippen LogP contribution in [0.3, 0.4) is 0 Å². The molecule has 0 unspecified atom stereocenters. The Morgan fingerprint density at radius 3 is 2.04 bits per heavy atom. The summed E-state index contributed by atoms with van der Waals surface area (Å²) in [7, 11) is 0. The molecule has 8 heteroatoms. The van der Waals surface area contributed by atoms with Crippen LogP contribution >= 0.6 is 0 Å². The van der Waals surface area contributed by atoms with Crippen molar-refractivity contribution in [3.8, 4) is 0 Å².